The number of rotatable bonds is 6. The number of benzene rings is 3. The molecule has 2 aliphatic rings. The molecular formula is C33H39N3O4. The summed E-state index contributed by atoms with van der Waals surface area (Å²) in [5.41, 5.74) is 2.90. The number of fused-ring (bicyclic) bond motifs is 3. The molecule has 0 aliphatic carbocycles. The Hall–Kier alpha value is -3.84. The van der Waals surface area contributed by atoms with Crippen LogP contribution in [0.25, 0.3) is 0 Å². The first kappa shape index (κ1) is 27.7. The summed E-state index contributed by atoms with van der Waals surface area (Å²) in [4.78, 5) is 30.6. The molecule has 1 saturated heterocycles. The van der Waals surface area contributed by atoms with Crippen LogP contribution in [0, 0.1) is 11.8 Å². The first-order valence-electron chi connectivity index (χ1n) is 14.3. The monoisotopic (exact) mass is 541 g/mol. The largest absolute Gasteiger partial charge is 0.508 e. The van der Waals surface area contributed by atoms with Crippen LogP contribution < -0.4 is 10.1 Å². The number of aromatic hydroxyl groups is 1. The van der Waals surface area contributed by atoms with Crippen molar-refractivity contribution in [1.29, 1.82) is 0 Å². The molecule has 1 fully saturated rings. The average Bonchev–Trinajstić information content (AvgIpc) is 2.97. The van der Waals surface area contributed by atoms with Gasteiger partial charge in [-0.15, -0.1) is 0 Å². The predicted molar refractivity (Wildman–Crippen MR) is 154 cm³/mol. The highest BCUT2D eigenvalue weighted by molar-refractivity contribution is 5.79. The van der Waals surface area contributed by atoms with E-state index in [1.165, 1.54) is 0 Å². The fourth-order valence-corrected chi connectivity index (χ4v) is 5.90. The summed E-state index contributed by atoms with van der Waals surface area (Å²) in [5, 5.41) is 13.5. The Morgan fingerprint density at radius 2 is 1.73 bits per heavy atom. The van der Waals surface area contributed by atoms with Crippen LogP contribution >= 0.6 is 0 Å². The van der Waals surface area contributed by atoms with Crippen LogP contribution in [0.5, 0.6) is 11.5 Å². The highest BCUT2D eigenvalue weighted by atomic mass is 16.5. The summed E-state index contributed by atoms with van der Waals surface area (Å²) in [6.45, 7) is 3.68. The summed E-state index contributed by atoms with van der Waals surface area (Å²) >= 11 is 0. The lowest BCUT2D eigenvalue weighted by Gasteiger charge is -2.39. The first-order valence-corrected chi connectivity index (χ1v) is 14.3. The molecule has 2 amide bonds. The third-order valence-electron chi connectivity index (χ3n) is 8.11. The van der Waals surface area contributed by atoms with E-state index in [1.807, 2.05) is 71.6 Å². The molecule has 7 heteroatoms. The predicted octanol–water partition coefficient (Wildman–Crippen LogP) is 4.74. The van der Waals surface area contributed by atoms with Crippen molar-refractivity contribution < 1.29 is 19.4 Å². The molecule has 0 radical (unpaired) electrons. The van der Waals surface area contributed by atoms with Crippen molar-refractivity contribution in [3.8, 4) is 11.5 Å². The SMILES string of the molecule is O=C(C[C@@H]1CCN2C[C@@H]1CCCOc1ccccc1CN(Cc1ccccc1O)CC2=O)NCc1ccccc1. The second kappa shape index (κ2) is 13.5. The van der Waals surface area contributed by atoms with E-state index in [0.717, 1.165) is 41.7 Å². The van der Waals surface area contributed by atoms with Gasteiger partial charge in [-0.2, -0.15) is 0 Å². The van der Waals surface area contributed by atoms with Crippen LogP contribution in [-0.4, -0.2) is 53.0 Å². The van der Waals surface area contributed by atoms with Gasteiger partial charge in [-0.05, 0) is 48.8 Å². The van der Waals surface area contributed by atoms with Crippen molar-refractivity contribution in [3.05, 3.63) is 95.6 Å². The smallest absolute Gasteiger partial charge is 0.236 e. The Kier molecular flexibility index (Phi) is 9.34. The first-order chi connectivity index (χ1) is 19.5. The number of carbonyl (C=O) groups excluding carboxylic acids is 2. The van der Waals surface area contributed by atoms with E-state index in [4.69, 9.17) is 4.74 Å². The summed E-state index contributed by atoms with van der Waals surface area (Å²) in [6, 6.07) is 25.2. The molecule has 40 heavy (non-hydrogen) atoms. The quantitative estimate of drug-likeness (QED) is 0.471. The van der Waals surface area contributed by atoms with Crippen LogP contribution in [-0.2, 0) is 29.2 Å². The number of nitrogens with one attached hydrogen (secondary N) is 1. The number of phenols is 1. The zero-order valence-corrected chi connectivity index (χ0v) is 23.0. The highest BCUT2D eigenvalue weighted by Crippen LogP contribution is 2.31. The number of amides is 2. The Morgan fingerprint density at radius 3 is 2.58 bits per heavy atom. The molecule has 0 unspecified atom stereocenters. The maximum Gasteiger partial charge on any atom is 0.236 e. The van der Waals surface area contributed by atoms with Crippen molar-refractivity contribution >= 4 is 11.8 Å². The van der Waals surface area contributed by atoms with E-state index < -0.39 is 0 Å². The van der Waals surface area contributed by atoms with Crippen LogP contribution in [0.4, 0.5) is 0 Å². The molecular weight excluding hydrogens is 502 g/mol. The molecule has 0 aromatic heterocycles. The van der Waals surface area contributed by atoms with Crippen molar-refractivity contribution in [3.63, 3.8) is 0 Å². The number of para-hydroxylation sites is 2. The van der Waals surface area contributed by atoms with Gasteiger partial charge in [0.25, 0.3) is 0 Å². The molecule has 210 valence electrons. The van der Waals surface area contributed by atoms with E-state index in [2.05, 4.69) is 10.2 Å². The minimum atomic E-state index is 0.0653. The molecule has 3 aromatic rings. The van der Waals surface area contributed by atoms with Crippen molar-refractivity contribution in [2.24, 2.45) is 11.8 Å². The maximum atomic E-state index is 13.6. The van der Waals surface area contributed by atoms with E-state index >= 15 is 0 Å². The summed E-state index contributed by atoms with van der Waals surface area (Å²) < 4.78 is 6.24. The Bertz CT molecular complexity index is 1280. The van der Waals surface area contributed by atoms with Crippen molar-refractivity contribution in [2.45, 2.75) is 45.3 Å². The second-order valence-corrected chi connectivity index (χ2v) is 11.0. The number of hydrogen-bond acceptors (Lipinski definition) is 5. The lowest BCUT2D eigenvalue weighted by molar-refractivity contribution is -0.135. The molecule has 5 rings (SSSR count). The van der Waals surface area contributed by atoms with Crippen LogP contribution in [0.1, 0.15) is 42.4 Å². The molecule has 0 saturated carbocycles. The van der Waals surface area contributed by atoms with Gasteiger partial charge in [-0.1, -0.05) is 66.7 Å². The van der Waals surface area contributed by atoms with Gasteiger partial charge in [0, 0.05) is 50.3 Å². The summed E-state index contributed by atoms with van der Waals surface area (Å²) in [7, 11) is 0. The molecule has 0 spiro atoms. The van der Waals surface area contributed by atoms with E-state index in [0.29, 0.717) is 45.8 Å². The molecule has 2 N–H and O–H groups in total. The van der Waals surface area contributed by atoms with Gasteiger partial charge < -0.3 is 20.1 Å². The van der Waals surface area contributed by atoms with Gasteiger partial charge in [-0.3, -0.25) is 14.5 Å². The second-order valence-electron chi connectivity index (χ2n) is 11.0. The number of piperidine rings is 1. The highest BCUT2D eigenvalue weighted by Gasteiger charge is 2.33. The van der Waals surface area contributed by atoms with Crippen molar-refractivity contribution in [2.75, 3.05) is 26.2 Å². The van der Waals surface area contributed by atoms with Gasteiger partial charge in [0.1, 0.15) is 11.5 Å². The molecule has 2 heterocycles. The number of hydrogen-bond donors (Lipinski definition) is 2. The molecule has 7 nitrogen and oxygen atoms in total. The van der Waals surface area contributed by atoms with Gasteiger partial charge >= 0.3 is 0 Å². The van der Waals surface area contributed by atoms with Gasteiger partial charge in [-0.25, -0.2) is 0 Å². The molecule has 2 aliphatic heterocycles. The Balaban J connectivity index is 1.29. The molecule has 2 atom stereocenters. The lowest BCUT2D eigenvalue weighted by atomic mass is 9.80. The molecule has 2 bridgehead atoms. The average molecular weight is 542 g/mol. The lowest BCUT2D eigenvalue weighted by Crippen LogP contribution is -2.48. The molecule has 3 aromatic carbocycles. The van der Waals surface area contributed by atoms with Gasteiger partial charge in [0.2, 0.25) is 11.8 Å². The van der Waals surface area contributed by atoms with Crippen LogP contribution in [0.15, 0.2) is 78.9 Å². The third-order valence-corrected chi connectivity index (χ3v) is 8.11. The van der Waals surface area contributed by atoms with Gasteiger partial charge in [0.05, 0.1) is 13.2 Å². The maximum absolute atomic E-state index is 13.6. The van der Waals surface area contributed by atoms with Crippen molar-refractivity contribution in [1.82, 2.24) is 15.1 Å². The minimum absolute atomic E-state index is 0.0653. The Morgan fingerprint density at radius 1 is 0.950 bits per heavy atom. The zero-order chi connectivity index (χ0) is 27.7. The third kappa shape index (κ3) is 7.42. The zero-order valence-electron chi connectivity index (χ0n) is 23.0. The minimum Gasteiger partial charge on any atom is -0.508 e. The summed E-state index contributed by atoms with van der Waals surface area (Å²) in [5.74, 6) is 1.69. The normalized spacial score (nSPS) is 20.3. The number of nitrogens with zero attached hydrogens (tertiary/aromatic N) is 2. The standard InChI is InChI=1S/C33H39N3O4/c37-30-14-6-4-11-28(30)21-35-22-29-12-5-7-15-31(29)40-18-8-13-27-23-36(33(39)24-35)17-16-26(27)19-32(38)34-20-25-9-2-1-3-10-25/h1-7,9-12,14-15,26-27,37H,8,13,16-24H2,(H,34,38)/t26-,27-/m0/s1. The summed E-state index contributed by atoms with van der Waals surface area (Å²) in [6.07, 6.45) is 3.06. The van der Waals surface area contributed by atoms with E-state index in [-0.39, 0.29) is 35.9 Å². The number of phenolic OH excluding ortho intramolecular Hbond substituents is 1. The topological polar surface area (TPSA) is 82.1 Å². The van der Waals surface area contributed by atoms with E-state index in [1.54, 1.807) is 12.1 Å². The number of ether oxygens (including phenoxy) is 1. The fraction of sp³-hybridized carbons (Fsp3) is 0.394. The van der Waals surface area contributed by atoms with Crippen LogP contribution in [0.3, 0.4) is 0 Å². The van der Waals surface area contributed by atoms with Gasteiger partial charge in [0.15, 0.2) is 0 Å². The fourth-order valence-electron chi connectivity index (χ4n) is 5.90. The van der Waals surface area contributed by atoms with Crippen LogP contribution in [0.2, 0.25) is 0 Å². The number of carbonyl (C=O) groups is 2. The Labute approximate surface area is 236 Å². The van der Waals surface area contributed by atoms with E-state index in [9.17, 15) is 14.7 Å².